The summed E-state index contributed by atoms with van der Waals surface area (Å²) in [4.78, 5) is 21.7. The Balaban J connectivity index is 1.49. The van der Waals surface area contributed by atoms with Gasteiger partial charge in [0.05, 0.1) is 0 Å². The monoisotopic (exact) mass is 350 g/mol. The van der Waals surface area contributed by atoms with Gasteiger partial charge in [0, 0.05) is 38.8 Å². The molecule has 1 N–H and O–H groups in total. The van der Waals surface area contributed by atoms with E-state index in [2.05, 4.69) is 34.5 Å². The minimum Gasteiger partial charge on any atom is -0.353 e. The van der Waals surface area contributed by atoms with Gasteiger partial charge in [-0.05, 0) is 37.0 Å². The second-order valence-corrected chi connectivity index (χ2v) is 7.10. The average molecular weight is 350 g/mol. The first-order valence-electron chi connectivity index (χ1n) is 9.61. The lowest BCUT2D eigenvalue weighted by Gasteiger charge is -2.35. The molecule has 26 heavy (non-hydrogen) atoms. The number of nitrogens with zero attached hydrogens (tertiary/aromatic N) is 3. The van der Waals surface area contributed by atoms with Gasteiger partial charge in [0.2, 0.25) is 0 Å². The molecule has 1 unspecified atom stereocenters. The SMILES string of the molecule is O=C(c1cccc(N2CCNC(c3ccccc3)C2)n1)N1CCCCC1. The van der Waals surface area contributed by atoms with Crippen LogP contribution in [-0.4, -0.2) is 48.5 Å². The first-order chi connectivity index (χ1) is 12.8. The number of aromatic nitrogens is 1. The fourth-order valence-electron chi connectivity index (χ4n) is 3.84. The van der Waals surface area contributed by atoms with Gasteiger partial charge < -0.3 is 15.1 Å². The zero-order valence-electron chi connectivity index (χ0n) is 15.1. The van der Waals surface area contributed by atoms with Gasteiger partial charge >= 0.3 is 0 Å². The predicted molar refractivity (Wildman–Crippen MR) is 103 cm³/mol. The third-order valence-corrected chi connectivity index (χ3v) is 5.30. The second kappa shape index (κ2) is 7.87. The highest BCUT2D eigenvalue weighted by atomic mass is 16.2. The van der Waals surface area contributed by atoms with Crippen molar-refractivity contribution in [2.75, 3.05) is 37.6 Å². The summed E-state index contributed by atoms with van der Waals surface area (Å²) >= 11 is 0. The molecule has 3 heterocycles. The van der Waals surface area contributed by atoms with Crippen LogP contribution < -0.4 is 10.2 Å². The van der Waals surface area contributed by atoms with Crippen LogP contribution in [0.4, 0.5) is 5.82 Å². The number of pyridine rings is 1. The van der Waals surface area contributed by atoms with E-state index in [4.69, 9.17) is 4.98 Å². The standard InChI is InChI=1S/C21H26N4O/c26-21(24-13-5-2-6-14-24)18-10-7-11-20(23-18)25-15-12-22-19(16-25)17-8-3-1-4-9-17/h1,3-4,7-11,19,22H,2,5-6,12-16H2. The Morgan fingerprint density at radius 1 is 0.962 bits per heavy atom. The van der Waals surface area contributed by atoms with E-state index >= 15 is 0 Å². The molecule has 1 aromatic carbocycles. The second-order valence-electron chi connectivity index (χ2n) is 7.10. The van der Waals surface area contributed by atoms with Crippen LogP contribution in [0.5, 0.6) is 0 Å². The number of carbonyl (C=O) groups excluding carboxylic acids is 1. The van der Waals surface area contributed by atoms with Crippen molar-refractivity contribution in [3.8, 4) is 0 Å². The highest BCUT2D eigenvalue weighted by molar-refractivity contribution is 5.92. The summed E-state index contributed by atoms with van der Waals surface area (Å²) < 4.78 is 0. The number of anilines is 1. The maximum absolute atomic E-state index is 12.8. The van der Waals surface area contributed by atoms with Crippen molar-refractivity contribution in [2.45, 2.75) is 25.3 Å². The Hall–Kier alpha value is -2.40. The summed E-state index contributed by atoms with van der Waals surface area (Å²) in [6, 6.07) is 16.6. The summed E-state index contributed by atoms with van der Waals surface area (Å²) in [6.45, 7) is 4.38. The van der Waals surface area contributed by atoms with E-state index in [1.54, 1.807) is 0 Å². The Labute approximate surface area is 155 Å². The minimum absolute atomic E-state index is 0.0706. The number of piperidine rings is 1. The van der Waals surface area contributed by atoms with Gasteiger partial charge in [-0.1, -0.05) is 36.4 Å². The van der Waals surface area contributed by atoms with E-state index in [0.29, 0.717) is 5.69 Å². The average Bonchev–Trinajstić information content (AvgIpc) is 2.75. The number of piperazine rings is 1. The zero-order valence-corrected chi connectivity index (χ0v) is 15.1. The fraction of sp³-hybridized carbons (Fsp3) is 0.429. The number of hydrogen-bond donors (Lipinski definition) is 1. The van der Waals surface area contributed by atoms with Crippen LogP contribution in [-0.2, 0) is 0 Å². The van der Waals surface area contributed by atoms with Crippen LogP contribution in [0.2, 0.25) is 0 Å². The van der Waals surface area contributed by atoms with Gasteiger partial charge in [-0.15, -0.1) is 0 Å². The third-order valence-electron chi connectivity index (χ3n) is 5.30. The van der Waals surface area contributed by atoms with E-state index < -0.39 is 0 Å². The molecular formula is C21H26N4O. The van der Waals surface area contributed by atoms with Crippen LogP contribution in [0.1, 0.15) is 41.4 Å². The zero-order chi connectivity index (χ0) is 17.8. The number of carbonyl (C=O) groups is 1. The Morgan fingerprint density at radius 3 is 2.58 bits per heavy atom. The van der Waals surface area contributed by atoms with Crippen LogP contribution in [0.15, 0.2) is 48.5 Å². The van der Waals surface area contributed by atoms with Crippen LogP contribution in [0.3, 0.4) is 0 Å². The fourth-order valence-corrected chi connectivity index (χ4v) is 3.84. The number of nitrogens with one attached hydrogen (secondary N) is 1. The van der Waals surface area contributed by atoms with Crippen molar-refractivity contribution in [3.63, 3.8) is 0 Å². The van der Waals surface area contributed by atoms with Crippen LogP contribution in [0.25, 0.3) is 0 Å². The quantitative estimate of drug-likeness (QED) is 0.925. The van der Waals surface area contributed by atoms with E-state index in [0.717, 1.165) is 51.4 Å². The number of rotatable bonds is 3. The summed E-state index contributed by atoms with van der Waals surface area (Å²) in [7, 11) is 0. The number of hydrogen-bond acceptors (Lipinski definition) is 4. The molecule has 136 valence electrons. The van der Waals surface area contributed by atoms with E-state index in [1.807, 2.05) is 29.2 Å². The topological polar surface area (TPSA) is 48.5 Å². The molecule has 5 heteroatoms. The lowest BCUT2D eigenvalue weighted by Crippen LogP contribution is -2.46. The number of likely N-dealkylation sites (tertiary alicyclic amines) is 1. The van der Waals surface area contributed by atoms with Gasteiger partial charge in [-0.3, -0.25) is 4.79 Å². The maximum atomic E-state index is 12.8. The normalized spacial score (nSPS) is 20.8. The van der Waals surface area contributed by atoms with E-state index in [-0.39, 0.29) is 11.9 Å². The van der Waals surface area contributed by atoms with Gasteiger partial charge in [-0.25, -0.2) is 4.98 Å². The number of benzene rings is 1. The van der Waals surface area contributed by atoms with Crippen LogP contribution >= 0.6 is 0 Å². The highest BCUT2D eigenvalue weighted by Crippen LogP contribution is 2.22. The molecule has 0 bridgehead atoms. The summed E-state index contributed by atoms with van der Waals surface area (Å²) in [5.74, 6) is 0.969. The molecule has 0 aliphatic carbocycles. The van der Waals surface area contributed by atoms with Crippen molar-refractivity contribution >= 4 is 11.7 Å². The first-order valence-corrected chi connectivity index (χ1v) is 9.61. The van der Waals surface area contributed by atoms with Gasteiger partial charge in [0.1, 0.15) is 11.5 Å². The van der Waals surface area contributed by atoms with Crippen LogP contribution in [0, 0.1) is 0 Å². The molecule has 0 radical (unpaired) electrons. The molecule has 1 atom stereocenters. The van der Waals surface area contributed by atoms with Crippen molar-refractivity contribution in [1.82, 2.24) is 15.2 Å². The first kappa shape index (κ1) is 17.0. The van der Waals surface area contributed by atoms with E-state index in [1.165, 1.54) is 12.0 Å². The molecule has 0 saturated carbocycles. The number of amides is 1. The van der Waals surface area contributed by atoms with Crippen molar-refractivity contribution in [2.24, 2.45) is 0 Å². The van der Waals surface area contributed by atoms with Crippen molar-refractivity contribution < 1.29 is 4.79 Å². The molecular weight excluding hydrogens is 324 g/mol. The molecule has 1 aromatic heterocycles. The van der Waals surface area contributed by atoms with E-state index in [9.17, 15) is 4.79 Å². The lowest BCUT2D eigenvalue weighted by molar-refractivity contribution is 0.0718. The molecule has 2 saturated heterocycles. The Morgan fingerprint density at radius 2 is 1.77 bits per heavy atom. The smallest absolute Gasteiger partial charge is 0.272 e. The summed E-state index contributed by atoms with van der Waals surface area (Å²) in [5, 5.41) is 3.58. The summed E-state index contributed by atoms with van der Waals surface area (Å²) in [5.41, 5.74) is 1.86. The largest absolute Gasteiger partial charge is 0.353 e. The molecule has 0 spiro atoms. The molecule has 2 fully saturated rings. The Kier molecular flexibility index (Phi) is 5.16. The molecule has 4 rings (SSSR count). The maximum Gasteiger partial charge on any atom is 0.272 e. The van der Waals surface area contributed by atoms with Gasteiger partial charge in [-0.2, -0.15) is 0 Å². The molecule has 2 aliphatic rings. The van der Waals surface area contributed by atoms with Gasteiger partial charge in [0.25, 0.3) is 5.91 Å². The molecule has 2 aliphatic heterocycles. The predicted octanol–water partition coefficient (Wildman–Crippen LogP) is 2.86. The molecule has 5 nitrogen and oxygen atoms in total. The Bertz CT molecular complexity index is 743. The molecule has 1 amide bonds. The minimum atomic E-state index is 0.0706. The highest BCUT2D eigenvalue weighted by Gasteiger charge is 2.23. The van der Waals surface area contributed by atoms with Crippen molar-refractivity contribution in [3.05, 3.63) is 59.8 Å². The van der Waals surface area contributed by atoms with Crippen molar-refractivity contribution in [1.29, 1.82) is 0 Å². The lowest BCUT2D eigenvalue weighted by atomic mass is 10.0. The summed E-state index contributed by atoms with van der Waals surface area (Å²) in [6.07, 6.45) is 3.42. The van der Waals surface area contributed by atoms with Gasteiger partial charge in [0.15, 0.2) is 0 Å². The third kappa shape index (κ3) is 3.73. The molecule has 2 aromatic rings.